The fraction of sp³-hybridized carbons (Fsp3) is 0.556. The third kappa shape index (κ3) is 4.24. The maximum atomic E-state index is 5.59. The molecule has 6 heteroatoms. The van der Waals surface area contributed by atoms with Crippen molar-refractivity contribution in [2.24, 2.45) is 0 Å². The minimum absolute atomic E-state index is 0.292. The third-order valence-corrected chi connectivity index (χ3v) is 2.33. The molecule has 0 spiro atoms. The van der Waals surface area contributed by atoms with Gasteiger partial charge in [-0.05, 0) is 13.2 Å². The molecule has 0 fully saturated rings. The van der Waals surface area contributed by atoms with Crippen LogP contribution in [0.5, 0.6) is 0 Å². The lowest BCUT2D eigenvalue weighted by Crippen LogP contribution is -2.09. The van der Waals surface area contributed by atoms with Crippen molar-refractivity contribution >= 4 is 29.3 Å². The van der Waals surface area contributed by atoms with Crippen LogP contribution < -0.4 is 16.4 Å². The molecular weight excluding hydrogens is 210 g/mol. The zero-order chi connectivity index (χ0) is 11.1. The molecule has 0 saturated heterocycles. The summed E-state index contributed by atoms with van der Waals surface area (Å²) in [4.78, 5) is 8.16. The second-order valence-electron chi connectivity index (χ2n) is 2.95. The smallest absolute Gasteiger partial charge is 0.223 e. The van der Waals surface area contributed by atoms with Gasteiger partial charge >= 0.3 is 0 Å². The summed E-state index contributed by atoms with van der Waals surface area (Å²) in [7, 11) is 0. The molecule has 15 heavy (non-hydrogen) atoms. The fourth-order valence-electron chi connectivity index (χ4n) is 1.11. The van der Waals surface area contributed by atoms with Gasteiger partial charge in [0.2, 0.25) is 5.95 Å². The highest BCUT2D eigenvalue weighted by Gasteiger charge is 2.00. The van der Waals surface area contributed by atoms with E-state index < -0.39 is 0 Å². The Labute approximate surface area is 94.3 Å². The molecule has 0 aliphatic carbocycles. The van der Waals surface area contributed by atoms with Gasteiger partial charge < -0.3 is 16.4 Å². The van der Waals surface area contributed by atoms with Gasteiger partial charge in [0.15, 0.2) is 0 Å². The number of anilines is 3. The van der Waals surface area contributed by atoms with E-state index in [1.54, 1.807) is 11.8 Å². The van der Waals surface area contributed by atoms with Crippen molar-refractivity contribution in [2.45, 2.75) is 6.92 Å². The van der Waals surface area contributed by atoms with E-state index in [0.29, 0.717) is 5.95 Å². The number of thioether (sulfide) groups is 1. The Morgan fingerprint density at radius 2 is 2.00 bits per heavy atom. The molecule has 0 saturated carbocycles. The van der Waals surface area contributed by atoms with Crippen molar-refractivity contribution in [1.29, 1.82) is 0 Å². The van der Waals surface area contributed by atoms with Gasteiger partial charge in [0.05, 0.1) is 0 Å². The number of aromatic nitrogens is 2. The fourth-order valence-corrected chi connectivity index (χ4v) is 1.42. The Kier molecular flexibility index (Phi) is 5.03. The molecule has 0 aromatic carbocycles. The van der Waals surface area contributed by atoms with Crippen molar-refractivity contribution in [2.75, 3.05) is 41.5 Å². The molecule has 1 aromatic rings. The Morgan fingerprint density at radius 3 is 2.60 bits per heavy atom. The van der Waals surface area contributed by atoms with E-state index in [9.17, 15) is 0 Å². The maximum Gasteiger partial charge on any atom is 0.223 e. The summed E-state index contributed by atoms with van der Waals surface area (Å²) in [6.45, 7) is 3.71. The first-order valence-electron chi connectivity index (χ1n) is 4.87. The molecule has 0 unspecified atom stereocenters. The standard InChI is InChI=1S/C9H17N5S/c1-3-11-7-6-8(12-4-5-15-2)14-9(10)13-7/h6H,3-5H2,1-2H3,(H4,10,11,12,13,14). The summed E-state index contributed by atoms with van der Waals surface area (Å²) in [5.41, 5.74) is 5.59. The first-order chi connectivity index (χ1) is 7.26. The monoisotopic (exact) mass is 227 g/mol. The molecule has 0 radical (unpaired) electrons. The molecule has 0 atom stereocenters. The second kappa shape index (κ2) is 6.34. The van der Waals surface area contributed by atoms with Crippen molar-refractivity contribution in [3.63, 3.8) is 0 Å². The van der Waals surface area contributed by atoms with E-state index in [1.165, 1.54) is 0 Å². The summed E-state index contributed by atoms with van der Waals surface area (Å²) >= 11 is 1.79. The SMILES string of the molecule is CCNc1cc(NCCSC)nc(N)n1. The lowest BCUT2D eigenvalue weighted by Gasteiger charge is -2.08. The van der Waals surface area contributed by atoms with E-state index in [4.69, 9.17) is 5.73 Å². The summed E-state index contributed by atoms with van der Waals surface area (Å²) in [6, 6.07) is 1.86. The minimum Gasteiger partial charge on any atom is -0.370 e. The highest BCUT2D eigenvalue weighted by Crippen LogP contribution is 2.11. The van der Waals surface area contributed by atoms with E-state index in [1.807, 2.05) is 13.0 Å². The largest absolute Gasteiger partial charge is 0.370 e. The molecule has 84 valence electrons. The van der Waals surface area contributed by atoms with E-state index in [-0.39, 0.29) is 0 Å². The summed E-state index contributed by atoms with van der Waals surface area (Å²) in [5.74, 6) is 2.87. The van der Waals surface area contributed by atoms with Crippen molar-refractivity contribution in [1.82, 2.24) is 9.97 Å². The van der Waals surface area contributed by atoms with E-state index in [0.717, 1.165) is 30.5 Å². The Bertz CT molecular complexity index is 305. The average Bonchev–Trinajstić information content (AvgIpc) is 2.18. The molecule has 0 bridgehead atoms. The van der Waals surface area contributed by atoms with Crippen LogP contribution >= 0.6 is 11.8 Å². The topological polar surface area (TPSA) is 75.9 Å². The number of nitrogens with zero attached hydrogens (tertiary/aromatic N) is 2. The van der Waals surface area contributed by atoms with Gasteiger partial charge in [0, 0.05) is 24.9 Å². The van der Waals surface area contributed by atoms with Gasteiger partial charge in [-0.25, -0.2) is 0 Å². The molecule has 5 nitrogen and oxygen atoms in total. The lowest BCUT2D eigenvalue weighted by molar-refractivity contribution is 1.10. The molecule has 4 N–H and O–H groups in total. The van der Waals surface area contributed by atoms with Gasteiger partial charge in [-0.1, -0.05) is 0 Å². The molecule has 1 heterocycles. The predicted octanol–water partition coefficient (Wildman–Crippen LogP) is 1.27. The third-order valence-electron chi connectivity index (χ3n) is 1.71. The van der Waals surface area contributed by atoms with Crippen LogP contribution in [0.2, 0.25) is 0 Å². The van der Waals surface area contributed by atoms with Crippen LogP contribution in [-0.2, 0) is 0 Å². The van der Waals surface area contributed by atoms with Crippen LogP contribution in [-0.4, -0.2) is 35.1 Å². The van der Waals surface area contributed by atoms with Crippen molar-refractivity contribution in [3.8, 4) is 0 Å². The van der Waals surface area contributed by atoms with Crippen LogP contribution in [0.15, 0.2) is 6.07 Å². The predicted molar refractivity (Wildman–Crippen MR) is 67.5 cm³/mol. The maximum absolute atomic E-state index is 5.59. The van der Waals surface area contributed by atoms with Crippen LogP contribution in [0.4, 0.5) is 17.6 Å². The van der Waals surface area contributed by atoms with E-state index >= 15 is 0 Å². The first-order valence-corrected chi connectivity index (χ1v) is 6.27. The summed E-state index contributed by atoms with van der Waals surface area (Å²) in [6.07, 6.45) is 2.07. The molecule has 0 aliphatic rings. The molecule has 0 aliphatic heterocycles. The van der Waals surface area contributed by atoms with Crippen LogP contribution in [0, 0.1) is 0 Å². The second-order valence-corrected chi connectivity index (χ2v) is 3.93. The highest BCUT2D eigenvalue weighted by atomic mass is 32.2. The molecule has 1 aromatic heterocycles. The normalized spacial score (nSPS) is 10.0. The highest BCUT2D eigenvalue weighted by molar-refractivity contribution is 7.98. The number of nitrogens with one attached hydrogen (secondary N) is 2. The Morgan fingerprint density at radius 1 is 1.33 bits per heavy atom. The average molecular weight is 227 g/mol. The zero-order valence-corrected chi connectivity index (χ0v) is 9.90. The van der Waals surface area contributed by atoms with Crippen LogP contribution in [0.3, 0.4) is 0 Å². The molecular formula is C9H17N5S. The Balaban J connectivity index is 2.62. The van der Waals surface area contributed by atoms with Gasteiger partial charge in [0.25, 0.3) is 0 Å². The quantitative estimate of drug-likeness (QED) is 0.635. The van der Waals surface area contributed by atoms with E-state index in [2.05, 4.69) is 26.9 Å². The van der Waals surface area contributed by atoms with Gasteiger partial charge in [-0.3, -0.25) is 0 Å². The lowest BCUT2D eigenvalue weighted by atomic mass is 10.5. The van der Waals surface area contributed by atoms with Crippen molar-refractivity contribution < 1.29 is 0 Å². The number of hydrogen-bond acceptors (Lipinski definition) is 6. The van der Waals surface area contributed by atoms with Crippen LogP contribution in [0.1, 0.15) is 6.92 Å². The number of hydrogen-bond donors (Lipinski definition) is 3. The van der Waals surface area contributed by atoms with Gasteiger partial charge in [-0.2, -0.15) is 21.7 Å². The molecule has 1 rings (SSSR count). The first kappa shape index (κ1) is 11.9. The van der Waals surface area contributed by atoms with Gasteiger partial charge in [0.1, 0.15) is 11.6 Å². The summed E-state index contributed by atoms with van der Waals surface area (Å²) < 4.78 is 0. The minimum atomic E-state index is 0.292. The number of rotatable bonds is 6. The van der Waals surface area contributed by atoms with Crippen LogP contribution in [0.25, 0.3) is 0 Å². The zero-order valence-electron chi connectivity index (χ0n) is 9.08. The van der Waals surface area contributed by atoms with Crippen molar-refractivity contribution in [3.05, 3.63) is 6.07 Å². The Hall–Kier alpha value is -1.17. The summed E-state index contributed by atoms with van der Waals surface area (Å²) in [5, 5.41) is 6.30. The number of nitrogen functional groups attached to an aromatic ring is 1. The molecule has 0 amide bonds. The van der Waals surface area contributed by atoms with Gasteiger partial charge in [-0.15, -0.1) is 0 Å². The number of nitrogens with two attached hydrogens (primary N) is 1.